The van der Waals surface area contributed by atoms with Gasteiger partial charge in [0.15, 0.2) is 5.69 Å². The van der Waals surface area contributed by atoms with Crippen LogP contribution in [0.4, 0.5) is 13.2 Å². The van der Waals surface area contributed by atoms with Crippen LogP contribution >= 0.6 is 0 Å². The molecule has 0 atom stereocenters. The van der Waals surface area contributed by atoms with E-state index in [0.717, 1.165) is 0 Å². The first-order valence-corrected chi connectivity index (χ1v) is 14.6. The number of hydrogen-bond donors (Lipinski definition) is 2. The molecule has 1 amide bonds. The summed E-state index contributed by atoms with van der Waals surface area (Å²) in [6, 6.07) is 5.23. The van der Waals surface area contributed by atoms with Crippen LogP contribution in [0.15, 0.2) is 18.2 Å². The zero-order valence-corrected chi connectivity index (χ0v) is 23.0. The van der Waals surface area contributed by atoms with Gasteiger partial charge in [0.25, 0.3) is 5.91 Å². The smallest absolute Gasteiger partial charge is 0.389 e. The van der Waals surface area contributed by atoms with Gasteiger partial charge in [0.05, 0.1) is 23.7 Å². The molecule has 1 heterocycles. The van der Waals surface area contributed by atoms with Crippen LogP contribution in [-0.2, 0) is 22.8 Å². The summed E-state index contributed by atoms with van der Waals surface area (Å²) < 4.78 is 68.4. The highest BCUT2D eigenvalue weighted by Crippen LogP contribution is 2.36. The van der Waals surface area contributed by atoms with Crippen molar-refractivity contribution in [2.75, 3.05) is 19.9 Å². The third kappa shape index (κ3) is 7.28. The maximum atomic E-state index is 13.1. The van der Waals surface area contributed by atoms with Crippen molar-refractivity contribution in [3.63, 3.8) is 0 Å². The standard InChI is InChI=1S/C26H36F3N3O5S/c1-5-32-23(20-9-8-18(15-21(20)37-3)7-6-12-26(27,28)29)17(2)22(31-32)24(33)30-16-25(34)13-10-19(11-14-25)38(4,35)36/h8-9,15,19,34H,5-7,10-14,16H2,1-4H3,(H,30,33). The summed E-state index contributed by atoms with van der Waals surface area (Å²) in [4.78, 5) is 13.1. The van der Waals surface area contributed by atoms with Gasteiger partial charge in [-0.2, -0.15) is 18.3 Å². The lowest BCUT2D eigenvalue weighted by molar-refractivity contribution is -0.135. The number of aliphatic hydroxyl groups is 1. The number of amides is 1. The molecule has 0 radical (unpaired) electrons. The number of aromatic nitrogens is 2. The summed E-state index contributed by atoms with van der Waals surface area (Å²) in [6.45, 7) is 4.06. The maximum Gasteiger partial charge on any atom is 0.389 e. The lowest BCUT2D eigenvalue weighted by Gasteiger charge is -2.35. The van der Waals surface area contributed by atoms with Crippen molar-refractivity contribution < 1.29 is 36.2 Å². The molecule has 3 rings (SSSR count). The van der Waals surface area contributed by atoms with E-state index in [1.165, 1.54) is 13.4 Å². The number of ether oxygens (including phenoxy) is 1. The number of nitrogens with zero attached hydrogens (tertiary/aromatic N) is 2. The molecular formula is C26H36F3N3O5S. The number of rotatable bonds is 10. The number of alkyl halides is 3. The summed E-state index contributed by atoms with van der Waals surface area (Å²) in [5, 5.41) is 17.6. The van der Waals surface area contributed by atoms with E-state index in [1.54, 1.807) is 29.8 Å². The number of halogens is 3. The lowest BCUT2D eigenvalue weighted by Crippen LogP contribution is -2.47. The molecule has 1 aliphatic carbocycles. The highest BCUT2D eigenvalue weighted by molar-refractivity contribution is 7.91. The van der Waals surface area contributed by atoms with E-state index in [2.05, 4.69) is 10.4 Å². The molecule has 12 heteroatoms. The molecular weight excluding hydrogens is 523 g/mol. The molecule has 212 valence electrons. The number of hydrogen-bond acceptors (Lipinski definition) is 6. The number of nitrogens with one attached hydrogen (secondary N) is 1. The largest absolute Gasteiger partial charge is 0.496 e. The van der Waals surface area contributed by atoms with Gasteiger partial charge in [0, 0.05) is 36.9 Å². The van der Waals surface area contributed by atoms with Crippen molar-refractivity contribution in [2.24, 2.45) is 0 Å². The van der Waals surface area contributed by atoms with Gasteiger partial charge in [-0.05, 0) is 70.1 Å². The molecule has 2 aromatic rings. The Balaban J connectivity index is 1.76. The fraction of sp³-hybridized carbons (Fsp3) is 0.615. The van der Waals surface area contributed by atoms with Crippen LogP contribution in [0.25, 0.3) is 11.3 Å². The van der Waals surface area contributed by atoms with Gasteiger partial charge >= 0.3 is 6.18 Å². The van der Waals surface area contributed by atoms with E-state index in [4.69, 9.17) is 4.74 Å². The van der Waals surface area contributed by atoms with Crippen molar-refractivity contribution >= 4 is 15.7 Å². The van der Waals surface area contributed by atoms with Crippen molar-refractivity contribution in [1.82, 2.24) is 15.1 Å². The normalized spacial score (nSPS) is 20.4. The van der Waals surface area contributed by atoms with Gasteiger partial charge in [-0.3, -0.25) is 9.48 Å². The van der Waals surface area contributed by atoms with Crippen molar-refractivity contribution in [3.8, 4) is 17.0 Å². The SMILES string of the molecule is CCn1nc(C(=O)NCC2(O)CCC(S(C)(=O)=O)CC2)c(C)c1-c1ccc(CCCC(F)(F)F)cc1OC. The molecule has 0 bridgehead atoms. The Bertz CT molecular complexity index is 1250. The third-order valence-electron chi connectivity index (χ3n) is 7.20. The minimum atomic E-state index is -4.20. The van der Waals surface area contributed by atoms with Gasteiger partial charge in [-0.15, -0.1) is 0 Å². The molecule has 1 aromatic carbocycles. The molecule has 8 nitrogen and oxygen atoms in total. The summed E-state index contributed by atoms with van der Waals surface area (Å²) in [7, 11) is -1.69. The van der Waals surface area contributed by atoms with Crippen LogP contribution in [-0.4, -0.2) is 66.1 Å². The van der Waals surface area contributed by atoms with Gasteiger partial charge in [-0.1, -0.05) is 6.07 Å². The summed E-state index contributed by atoms with van der Waals surface area (Å²) in [5.41, 5.74) is 1.63. The monoisotopic (exact) mass is 559 g/mol. The van der Waals surface area contributed by atoms with Crippen LogP contribution in [0, 0.1) is 6.92 Å². The second-order valence-corrected chi connectivity index (χ2v) is 12.4. The number of benzene rings is 1. The molecule has 0 spiro atoms. The third-order valence-corrected chi connectivity index (χ3v) is 8.88. The molecule has 0 aliphatic heterocycles. The Labute approximate surface area is 221 Å². The Morgan fingerprint density at radius 2 is 1.95 bits per heavy atom. The molecule has 0 unspecified atom stereocenters. The van der Waals surface area contributed by atoms with E-state index < -0.39 is 39.2 Å². The Kier molecular flexibility index (Phi) is 9.18. The Morgan fingerprint density at radius 1 is 1.29 bits per heavy atom. The first-order valence-electron chi connectivity index (χ1n) is 12.7. The first-order chi connectivity index (χ1) is 17.7. The first kappa shape index (κ1) is 29.9. The number of carbonyl (C=O) groups is 1. The van der Waals surface area contributed by atoms with E-state index in [9.17, 15) is 31.5 Å². The molecule has 1 aliphatic rings. The zero-order chi connectivity index (χ0) is 28.3. The highest BCUT2D eigenvalue weighted by Gasteiger charge is 2.37. The summed E-state index contributed by atoms with van der Waals surface area (Å²) in [6.07, 6.45) is -2.41. The number of methoxy groups -OCH3 is 1. The van der Waals surface area contributed by atoms with Crippen LogP contribution in [0.5, 0.6) is 5.75 Å². The van der Waals surface area contributed by atoms with Crippen LogP contribution in [0.3, 0.4) is 0 Å². The van der Waals surface area contributed by atoms with Crippen LogP contribution in [0.1, 0.15) is 67.1 Å². The number of carbonyl (C=O) groups excluding carboxylic acids is 1. The van der Waals surface area contributed by atoms with E-state index >= 15 is 0 Å². The second kappa shape index (κ2) is 11.6. The average Bonchev–Trinajstić information content (AvgIpc) is 3.17. The van der Waals surface area contributed by atoms with Gasteiger partial charge in [-0.25, -0.2) is 8.42 Å². The number of sulfone groups is 1. The van der Waals surface area contributed by atoms with E-state index in [1.807, 2.05) is 6.92 Å². The predicted molar refractivity (Wildman–Crippen MR) is 138 cm³/mol. The van der Waals surface area contributed by atoms with Crippen molar-refractivity contribution in [2.45, 2.75) is 82.4 Å². The minimum absolute atomic E-state index is 0.0218. The van der Waals surface area contributed by atoms with E-state index in [-0.39, 0.29) is 37.9 Å². The van der Waals surface area contributed by atoms with Gasteiger partial charge in [0.2, 0.25) is 0 Å². The molecule has 1 saturated carbocycles. The zero-order valence-electron chi connectivity index (χ0n) is 22.2. The van der Waals surface area contributed by atoms with Gasteiger partial charge in [0.1, 0.15) is 15.6 Å². The molecule has 2 N–H and O–H groups in total. The fourth-order valence-corrected chi connectivity index (χ4v) is 6.07. The maximum absolute atomic E-state index is 13.1. The lowest BCUT2D eigenvalue weighted by atomic mass is 9.84. The minimum Gasteiger partial charge on any atom is -0.496 e. The Hall–Kier alpha value is -2.60. The molecule has 1 aromatic heterocycles. The van der Waals surface area contributed by atoms with Crippen LogP contribution in [0.2, 0.25) is 0 Å². The van der Waals surface area contributed by atoms with E-state index in [0.29, 0.717) is 47.5 Å². The van der Waals surface area contributed by atoms with Crippen molar-refractivity contribution in [3.05, 3.63) is 35.0 Å². The average molecular weight is 560 g/mol. The molecule has 1 fully saturated rings. The topological polar surface area (TPSA) is 111 Å². The van der Waals surface area contributed by atoms with Crippen molar-refractivity contribution in [1.29, 1.82) is 0 Å². The number of aryl methyl sites for hydroxylation is 2. The van der Waals surface area contributed by atoms with Crippen LogP contribution < -0.4 is 10.1 Å². The predicted octanol–water partition coefficient (Wildman–Crippen LogP) is 4.22. The molecule has 38 heavy (non-hydrogen) atoms. The fourth-order valence-electron chi connectivity index (χ4n) is 4.98. The highest BCUT2D eigenvalue weighted by atomic mass is 32.2. The summed E-state index contributed by atoms with van der Waals surface area (Å²) >= 11 is 0. The molecule has 0 saturated heterocycles. The second-order valence-electron chi connectivity index (χ2n) is 10.1. The Morgan fingerprint density at radius 3 is 2.50 bits per heavy atom. The van der Waals surface area contributed by atoms with Gasteiger partial charge < -0.3 is 15.2 Å². The summed E-state index contributed by atoms with van der Waals surface area (Å²) in [5.74, 6) is 0.00784. The quantitative estimate of drug-likeness (QED) is 0.451.